The topological polar surface area (TPSA) is 32.3 Å². The van der Waals surface area contributed by atoms with E-state index in [0.29, 0.717) is 18.2 Å². The summed E-state index contributed by atoms with van der Waals surface area (Å²) in [4.78, 5) is 0. The van der Waals surface area contributed by atoms with Gasteiger partial charge in [0.1, 0.15) is 0 Å². The minimum atomic E-state index is -4.33. The van der Waals surface area contributed by atoms with Gasteiger partial charge >= 0.3 is 6.18 Å². The first-order valence-corrected chi connectivity index (χ1v) is 7.48. The first kappa shape index (κ1) is 16.3. The van der Waals surface area contributed by atoms with E-state index in [1.807, 2.05) is 0 Å². The van der Waals surface area contributed by atoms with E-state index >= 15 is 0 Å². The molecule has 0 spiro atoms. The second kappa shape index (κ2) is 6.79. The van der Waals surface area contributed by atoms with Crippen molar-refractivity contribution in [1.29, 1.82) is 0 Å². The van der Waals surface area contributed by atoms with Gasteiger partial charge < -0.3 is 10.4 Å². The van der Waals surface area contributed by atoms with E-state index in [-0.39, 0.29) is 0 Å². The van der Waals surface area contributed by atoms with Crippen LogP contribution in [-0.2, 0) is 6.18 Å². The lowest BCUT2D eigenvalue weighted by Gasteiger charge is -2.20. The summed E-state index contributed by atoms with van der Waals surface area (Å²) in [5, 5.41) is 13.4. The van der Waals surface area contributed by atoms with Gasteiger partial charge in [-0.3, -0.25) is 0 Å². The summed E-state index contributed by atoms with van der Waals surface area (Å²) >= 11 is 0. The summed E-state index contributed by atoms with van der Waals surface area (Å²) in [6.45, 7) is 2.47. The van der Waals surface area contributed by atoms with Crippen LogP contribution < -0.4 is 5.32 Å². The Balaban J connectivity index is 1.85. The Bertz CT molecular complexity index is 440. The van der Waals surface area contributed by atoms with Crippen molar-refractivity contribution >= 4 is 0 Å². The average molecular weight is 301 g/mol. The SMILES string of the molecule is CCC(CC1CC1)NCC(O)c1ccc(C(F)(F)F)cc1. The first-order valence-electron chi connectivity index (χ1n) is 7.48. The Kier molecular flexibility index (Phi) is 5.27. The number of hydrogen-bond donors (Lipinski definition) is 2. The zero-order valence-electron chi connectivity index (χ0n) is 12.2. The Morgan fingerprint density at radius 2 is 1.86 bits per heavy atom. The van der Waals surface area contributed by atoms with E-state index in [0.717, 1.165) is 30.9 Å². The van der Waals surface area contributed by atoms with Gasteiger partial charge in [0.25, 0.3) is 0 Å². The van der Waals surface area contributed by atoms with Crippen LogP contribution in [-0.4, -0.2) is 17.7 Å². The molecular weight excluding hydrogens is 279 g/mol. The molecule has 1 aliphatic carbocycles. The number of hydrogen-bond acceptors (Lipinski definition) is 2. The molecule has 1 fully saturated rings. The number of rotatable bonds is 7. The van der Waals surface area contributed by atoms with Gasteiger partial charge in [-0.15, -0.1) is 0 Å². The zero-order chi connectivity index (χ0) is 15.5. The summed E-state index contributed by atoms with van der Waals surface area (Å²) in [6, 6.07) is 5.09. The molecule has 1 saturated carbocycles. The Morgan fingerprint density at radius 1 is 1.24 bits per heavy atom. The minimum absolute atomic E-state index is 0.372. The molecule has 2 rings (SSSR count). The minimum Gasteiger partial charge on any atom is -0.387 e. The van der Waals surface area contributed by atoms with Crippen LogP contribution >= 0.6 is 0 Å². The van der Waals surface area contributed by atoms with Crippen LogP contribution in [0.1, 0.15) is 49.8 Å². The van der Waals surface area contributed by atoms with Crippen LogP contribution in [0.4, 0.5) is 13.2 Å². The molecule has 1 aromatic rings. The fraction of sp³-hybridized carbons (Fsp3) is 0.625. The third-order valence-electron chi connectivity index (χ3n) is 4.03. The molecule has 1 aromatic carbocycles. The van der Waals surface area contributed by atoms with Crippen LogP contribution in [0.3, 0.4) is 0 Å². The van der Waals surface area contributed by atoms with Gasteiger partial charge in [0.15, 0.2) is 0 Å². The molecule has 5 heteroatoms. The highest BCUT2D eigenvalue weighted by atomic mass is 19.4. The van der Waals surface area contributed by atoms with Crippen molar-refractivity contribution in [2.75, 3.05) is 6.54 Å². The van der Waals surface area contributed by atoms with E-state index in [2.05, 4.69) is 12.2 Å². The number of aliphatic hydroxyl groups is 1. The van der Waals surface area contributed by atoms with Crippen LogP contribution in [0.25, 0.3) is 0 Å². The van der Waals surface area contributed by atoms with E-state index in [1.54, 1.807) is 0 Å². The molecule has 2 N–H and O–H groups in total. The van der Waals surface area contributed by atoms with Crippen molar-refractivity contribution in [3.63, 3.8) is 0 Å². The predicted octanol–water partition coefficient (Wildman–Crippen LogP) is 3.91. The van der Waals surface area contributed by atoms with Crippen molar-refractivity contribution in [3.8, 4) is 0 Å². The molecule has 2 nitrogen and oxygen atoms in total. The van der Waals surface area contributed by atoms with Crippen LogP contribution in [0.5, 0.6) is 0 Å². The highest BCUT2D eigenvalue weighted by Crippen LogP contribution is 2.34. The lowest BCUT2D eigenvalue weighted by atomic mass is 10.0. The number of halogens is 3. The third kappa shape index (κ3) is 5.00. The molecule has 0 heterocycles. The summed E-state index contributed by atoms with van der Waals surface area (Å²) in [5.74, 6) is 0.811. The maximum atomic E-state index is 12.5. The fourth-order valence-electron chi connectivity index (χ4n) is 2.44. The van der Waals surface area contributed by atoms with Gasteiger partial charge in [0.05, 0.1) is 11.7 Å². The lowest BCUT2D eigenvalue weighted by molar-refractivity contribution is -0.137. The molecule has 0 saturated heterocycles. The highest BCUT2D eigenvalue weighted by molar-refractivity contribution is 5.26. The van der Waals surface area contributed by atoms with Gasteiger partial charge in [-0.25, -0.2) is 0 Å². The number of aliphatic hydroxyl groups excluding tert-OH is 1. The third-order valence-corrected chi connectivity index (χ3v) is 4.03. The normalized spacial score (nSPS) is 18.5. The summed E-state index contributed by atoms with van der Waals surface area (Å²) in [5.41, 5.74) is -0.177. The summed E-state index contributed by atoms with van der Waals surface area (Å²) < 4.78 is 37.4. The maximum absolute atomic E-state index is 12.5. The number of alkyl halides is 3. The van der Waals surface area contributed by atoms with E-state index in [1.165, 1.54) is 25.0 Å². The monoisotopic (exact) mass is 301 g/mol. The van der Waals surface area contributed by atoms with Gasteiger partial charge in [-0.1, -0.05) is 31.9 Å². The van der Waals surface area contributed by atoms with Crippen molar-refractivity contribution < 1.29 is 18.3 Å². The molecule has 0 amide bonds. The molecule has 0 bridgehead atoms. The first-order chi connectivity index (χ1) is 9.90. The smallest absolute Gasteiger partial charge is 0.387 e. The number of benzene rings is 1. The van der Waals surface area contributed by atoms with Gasteiger partial charge in [0.2, 0.25) is 0 Å². The quantitative estimate of drug-likeness (QED) is 0.800. The highest BCUT2D eigenvalue weighted by Gasteiger charge is 2.30. The Morgan fingerprint density at radius 3 is 2.33 bits per heavy atom. The summed E-state index contributed by atoms with van der Waals surface area (Å²) in [6.07, 6.45) is -0.411. The molecule has 21 heavy (non-hydrogen) atoms. The second-order valence-electron chi connectivity index (χ2n) is 5.83. The van der Waals surface area contributed by atoms with Gasteiger partial charge in [-0.2, -0.15) is 13.2 Å². The fourth-order valence-corrected chi connectivity index (χ4v) is 2.44. The standard InChI is InChI=1S/C16H22F3NO/c1-2-14(9-11-3-4-11)20-10-15(21)12-5-7-13(8-6-12)16(17,18)19/h5-8,11,14-15,20-21H,2-4,9-10H2,1H3. The zero-order valence-corrected chi connectivity index (χ0v) is 12.2. The van der Waals surface area contributed by atoms with Crippen molar-refractivity contribution in [2.24, 2.45) is 5.92 Å². The predicted molar refractivity (Wildman–Crippen MR) is 75.8 cm³/mol. The molecule has 0 radical (unpaired) electrons. The van der Waals surface area contributed by atoms with Crippen LogP contribution in [0, 0.1) is 5.92 Å². The largest absolute Gasteiger partial charge is 0.416 e. The van der Waals surface area contributed by atoms with Crippen molar-refractivity contribution in [2.45, 2.75) is 50.9 Å². The molecule has 1 aliphatic rings. The molecule has 0 aliphatic heterocycles. The molecule has 2 atom stereocenters. The van der Waals surface area contributed by atoms with Crippen molar-refractivity contribution in [1.82, 2.24) is 5.32 Å². The van der Waals surface area contributed by atoms with Crippen LogP contribution in [0.2, 0.25) is 0 Å². The van der Waals surface area contributed by atoms with Crippen LogP contribution in [0.15, 0.2) is 24.3 Å². The Hall–Kier alpha value is -1.07. The molecular formula is C16H22F3NO. The van der Waals surface area contributed by atoms with E-state index < -0.39 is 17.8 Å². The Labute approximate surface area is 123 Å². The summed E-state index contributed by atoms with van der Waals surface area (Å²) in [7, 11) is 0. The van der Waals surface area contributed by atoms with Gasteiger partial charge in [-0.05, 0) is 36.5 Å². The number of nitrogens with one attached hydrogen (secondary N) is 1. The maximum Gasteiger partial charge on any atom is 0.416 e. The molecule has 0 aromatic heterocycles. The molecule has 118 valence electrons. The second-order valence-corrected chi connectivity index (χ2v) is 5.83. The molecule has 2 unspecified atom stereocenters. The van der Waals surface area contributed by atoms with E-state index in [9.17, 15) is 18.3 Å². The van der Waals surface area contributed by atoms with E-state index in [4.69, 9.17) is 0 Å². The lowest BCUT2D eigenvalue weighted by Crippen LogP contribution is -2.32. The van der Waals surface area contributed by atoms with Crippen molar-refractivity contribution in [3.05, 3.63) is 35.4 Å². The average Bonchev–Trinajstić information content (AvgIpc) is 3.26. The van der Waals surface area contributed by atoms with Gasteiger partial charge in [0, 0.05) is 12.6 Å².